The van der Waals surface area contributed by atoms with Crippen molar-refractivity contribution in [3.05, 3.63) is 57.8 Å². The van der Waals surface area contributed by atoms with Gasteiger partial charge in [0.05, 0.1) is 11.6 Å². The zero-order chi connectivity index (χ0) is 14.7. The highest BCUT2D eigenvalue weighted by Crippen LogP contribution is 2.24. The van der Waals surface area contributed by atoms with Gasteiger partial charge in [0.2, 0.25) is 0 Å². The molecule has 0 aromatic heterocycles. The summed E-state index contributed by atoms with van der Waals surface area (Å²) in [6.45, 7) is 1.80. The summed E-state index contributed by atoms with van der Waals surface area (Å²) in [6.07, 6.45) is 0. The van der Waals surface area contributed by atoms with Crippen LogP contribution in [0.3, 0.4) is 0 Å². The van der Waals surface area contributed by atoms with Crippen molar-refractivity contribution >= 4 is 27.5 Å². The second kappa shape index (κ2) is 6.05. The van der Waals surface area contributed by atoms with Gasteiger partial charge in [-0.15, -0.1) is 0 Å². The van der Waals surface area contributed by atoms with Crippen molar-refractivity contribution in [2.75, 3.05) is 12.4 Å². The lowest BCUT2D eigenvalue weighted by Crippen LogP contribution is -2.13. The fourth-order valence-electron chi connectivity index (χ4n) is 1.72. The monoisotopic (exact) mass is 337 g/mol. The molecule has 0 atom stereocenters. The van der Waals surface area contributed by atoms with Crippen LogP contribution in [0.15, 0.2) is 40.9 Å². The molecule has 0 bridgehead atoms. The van der Waals surface area contributed by atoms with E-state index in [-0.39, 0.29) is 5.91 Å². The van der Waals surface area contributed by atoms with Crippen LogP contribution in [0, 0.1) is 12.7 Å². The fraction of sp³-hybridized carbons (Fsp3) is 0.133. The van der Waals surface area contributed by atoms with E-state index in [0.717, 1.165) is 5.56 Å². The molecule has 0 aliphatic carbocycles. The molecule has 0 saturated heterocycles. The number of anilines is 1. The lowest BCUT2D eigenvalue weighted by atomic mass is 10.1. The number of benzene rings is 2. The SMILES string of the molecule is COc1ccc(C(=O)Nc2cc(F)c(Br)cc2C)cc1. The first-order valence-electron chi connectivity index (χ1n) is 5.92. The molecular formula is C15H13BrFNO2. The van der Waals surface area contributed by atoms with Crippen molar-refractivity contribution in [3.8, 4) is 5.75 Å². The summed E-state index contributed by atoms with van der Waals surface area (Å²) in [5, 5.41) is 2.69. The molecule has 2 rings (SSSR count). The molecule has 0 saturated carbocycles. The smallest absolute Gasteiger partial charge is 0.255 e. The number of rotatable bonds is 3. The molecule has 0 fully saturated rings. The van der Waals surface area contributed by atoms with E-state index in [0.29, 0.717) is 21.5 Å². The van der Waals surface area contributed by atoms with Crippen molar-refractivity contribution < 1.29 is 13.9 Å². The van der Waals surface area contributed by atoms with Gasteiger partial charge in [-0.2, -0.15) is 0 Å². The maximum atomic E-state index is 13.5. The number of hydrogen-bond donors (Lipinski definition) is 1. The first kappa shape index (κ1) is 14.5. The average Bonchev–Trinajstić information content (AvgIpc) is 2.44. The molecule has 0 heterocycles. The molecule has 3 nitrogen and oxygen atoms in total. The number of amides is 1. The molecule has 1 N–H and O–H groups in total. The zero-order valence-corrected chi connectivity index (χ0v) is 12.6. The molecule has 0 radical (unpaired) electrons. The molecule has 0 unspecified atom stereocenters. The summed E-state index contributed by atoms with van der Waals surface area (Å²) in [5.74, 6) is -0.0366. The maximum Gasteiger partial charge on any atom is 0.255 e. The van der Waals surface area contributed by atoms with Gasteiger partial charge in [-0.1, -0.05) is 0 Å². The molecule has 2 aromatic rings. The highest BCUT2D eigenvalue weighted by atomic mass is 79.9. The Labute approximate surface area is 124 Å². The standard InChI is InChI=1S/C15H13BrFNO2/c1-9-7-12(16)13(17)8-14(9)18-15(19)10-3-5-11(20-2)6-4-10/h3-8H,1-2H3,(H,18,19). The second-order valence-corrected chi connectivity index (χ2v) is 5.12. The number of hydrogen-bond acceptors (Lipinski definition) is 2. The Morgan fingerprint density at radius 2 is 1.90 bits per heavy atom. The van der Waals surface area contributed by atoms with Crippen LogP contribution in [0.2, 0.25) is 0 Å². The molecule has 20 heavy (non-hydrogen) atoms. The average molecular weight is 338 g/mol. The summed E-state index contributed by atoms with van der Waals surface area (Å²) in [7, 11) is 1.56. The van der Waals surface area contributed by atoms with Gasteiger partial charge in [-0.05, 0) is 64.8 Å². The Hall–Kier alpha value is -1.88. The third-order valence-electron chi connectivity index (χ3n) is 2.87. The van der Waals surface area contributed by atoms with Gasteiger partial charge in [0.15, 0.2) is 0 Å². The Balaban J connectivity index is 2.20. The van der Waals surface area contributed by atoms with Crippen molar-refractivity contribution in [3.63, 3.8) is 0 Å². The first-order valence-corrected chi connectivity index (χ1v) is 6.71. The largest absolute Gasteiger partial charge is 0.497 e. The maximum absolute atomic E-state index is 13.5. The normalized spacial score (nSPS) is 10.2. The topological polar surface area (TPSA) is 38.3 Å². The van der Waals surface area contributed by atoms with Crippen molar-refractivity contribution in [2.45, 2.75) is 6.92 Å². The van der Waals surface area contributed by atoms with Crippen LogP contribution in [0.1, 0.15) is 15.9 Å². The van der Waals surface area contributed by atoms with E-state index in [1.54, 1.807) is 44.4 Å². The fourth-order valence-corrected chi connectivity index (χ4v) is 2.18. The van der Waals surface area contributed by atoms with Crippen molar-refractivity contribution in [1.29, 1.82) is 0 Å². The summed E-state index contributed by atoms with van der Waals surface area (Å²) >= 11 is 3.11. The molecular weight excluding hydrogens is 325 g/mol. The molecule has 2 aromatic carbocycles. The van der Waals surface area contributed by atoms with Crippen LogP contribution in [-0.4, -0.2) is 13.0 Å². The number of halogens is 2. The highest BCUT2D eigenvalue weighted by Gasteiger charge is 2.10. The Kier molecular flexibility index (Phi) is 4.39. The Morgan fingerprint density at radius 3 is 2.50 bits per heavy atom. The third kappa shape index (κ3) is 3.17. The van der Waals surface area contributed by atoms with Crippen LogP contribution in [0.5, 0.6) is 5.75 Å². The molecule has 0 spiro atoms. The summed E-state index contributed by atoms with van der Waals surface area (Å²) in [5.41, 5.74) is 1.71. The van der Waals surface area contributed by atoms with Crippen molar-refractivity contribution in [1.82, 2.24) is 0 Å². The predicted molar refractivity (Wildman–Crippen MR) is 79.8 cm³/mol. The number of ether oxygens (including phenoxy) is 1. The van der Waals surface area contributed by atoms with Gasteiger partial charge < -0.3 is 10.1 Å². The lowest BCUT2D eigenvalue weighted by Gasteiger charge is -2.10. The quantitative estimate of drug-likeness (QED) is 0.913. The zero-order valence-electron chi connectivity index (χ0n) is 11.0. The minimum atomic E-state index is -0.416. The van der Waals surface area contributed by atoms with Gasteiger partial charge in [0, 0.05) is 11.3 Å². The highest BCUT2D eigenvalue weighted by molar-refractivity contribution is 9.10. The lowest BCUT2D eigenvalue weighted by molar-refractivity contribution is 0.102. The van der Waals surface area contributed by atoms with E-state index in [1.807, 2.05) is 0 Å². The summed E-state index contributed by atoms with van der Waals surface area (Å²) < 4.78 is 18.9. The number of aryl methyl sites for hydroxylation is 1. The van der Waals surface area contributed by atoms with Crippen LogP contribution in [0.4, 0.5) is 10.1 Å². The van der Waals surface area contributed by atoms with Gasteiger partial charge in [0.25, 0.3) is 5.91 Å². The number of carbonyl (C=O) groups is 1. The summed E-state index contributed by atoms with van der Waals surface area (Å²) in [6, 6.07) is 9.62. The molecule has 0 aliphatic rings. The Morgan fingerprint density at radius 1 is 1.25 bits per heavy atom. The third-order valence-corrected chi connectivity index (χ3v) is 3.48. The van der Waals surface area contributed by atoms with Crippen LogP contribution in [0.25, 0.3) is 0 Å². The van der Waals surface area contributed by atoms with E-state index in [1.165, 1.54) is 6.07 Å². The number of nitrogens with one attached hydrogen (secondary N) is 1. The minimum Gasteiger partial charge on any atom is -0.497 e. The minimum absolute atomic E-state index is 0.294. The van der Waals surface area contributed by atoms with Crippen LogP contribution in [-0.2, 0) is 0 Å². The van der Waals surface area contributed by atoms with Gasteiger partial charge >= 0.3 is 0 Å². The van der Waals surface area contributed by atoms with E-state index in [9.17, 15) is 9.18 Å². The van der Waals surface area contributed by atoms with E-state index in [2.05, 4.69) is 21.2 Å². The molecule has 1 amide bonds. The van der Waals surface area contributed by atoms with E-state index in [4.69, 9.17) is 4.74 Å². The van der Waals surface area contributed by atoms with Crippen LogP contribution >= 0.6 is 15.9 Å². The predicted octanol–water partition coefficient (Wildman–Crippen LogP) is 4.16. The second-order valence-electron chi connectivity index (χ2n) is 4.26. The first-order chi connectivity index (χ1) is 9.51. The molecule has 0 aliphatic heterocycles. The Bertz CT molecular complexity index is 641. The van der Waals surface area contributed by atoms with E-state index < -0.39 is 5.82 Å². The number of carbonyl (C=O) groups excluding carboxylic acids is 1. The molecule has 5 heteroatoms. The van der Waals surface area contributed by atoms with Gasteiger partial charge in [0.1, 0.15) is 11.6 Å². The summed E-state index contributed by atoms with van der Waals surface area (Å²) in [4.78, 5) is 12.1. The van der Waals surface area contributed by atoms with Gasteiger partial charge in [-0.25, -0.2) is 4.39 Å². The van der Waals surface area contributed by atoms with E-state index >= 15 is 0 Å². The van der Waals surface area contributed by atoms with Crippen molar-refractivity contribution in [2.24, 2.45) is 0 Å². The van der Waals surface area contributed by atoms with Crippen LogP contribution < -0.4 is 10.1 Å². The van der Waals surface area contributed by atoms with Gasteiger partial charge in [-0.3, -0.25) is 4.79 Å². The molecule has 104 valence electrons. The number of methoxy groups -OCH3 is 1.